The first-order chi connectivity index (χ1) is 10.8. The second-order valence-electron chi connectivity index (χ2n) is 4.93. The van der Waals surface area contributed by atoms with E-state index in [4.69, 9.17) is 11.6 Å². The number of nitrogens with one attached hydrogen (secondary N) is 1. The van der Waals surface area contributed by atoms with Crippen molar-refractivity contribution in [3.05, 3.63) is 89.4 Å². The van der Waals surface area contributed by atoms with Gasteiger partial charge in [0.2, 0.25) is 0 Å². The fourth-order valence-corrected chi connectivity index (χ4v) is 3.05. The van der Waals surface area contributed by atoms with Crippen LogP contribution in [0.2, 0.25) is 5.02 Å². The Hall–Kier alpha value is -1.90. The summed E-state index contributed by atoms with van der Waals surface area (Å²) >= 11 is 7.71. The van der Waals surface area contributed by atoms with Crippen molar-refractivity contribution >= 4 is 34.7 Å². The number of rotatable bonds is 5. The van der Waals surface area contributed by atoms with Gasteiger partial charge in [-0.3, -0.25) is 0 Å². The SMILES string of the molecule is Clc1ccc(SCc2ccc(Nc3ccccc3)cc2)cc1. The van der Waals surface area contributed by atoms with Crippen molar-refractivity contribution in [2.24, 2.45) is 0 Å². The topological polar surface area (TPSA) is 12.0 Å². The Morgan fingerprint density at radius 1 is 0.727 bits per heavy atom. The second kappa shape index (κ2) is 7.39. The lowest BCUT2D eigenvalue weighted by atomic mass is 10.2. The van der Waals surface area contributed by atoms with E-state index in [0.29, 0.717) is 0 Å². The van der Waals surface area contributed by atoms with Crippen LogP contribution in [0.3, 0.4) is 0 Å². The van der Waals surface area contributed by atoms with E-state index in [1.807, 2.05) is 42.1 Å². The van der Waals surface area contributed by atoms with Gasteiger partial charge in [0.1, 0.15) is 0 Å². The minimum atomic E-state index is 0.778. The molecule has 3 rings (SSSR count). The van der Waals surface area contributed by atoms with Crippen LogP contribution in [-0.2, 0) is 5.75 Å². The van der Waals surface area contributed by atoms with Gasteiger partial charge in [0.05, 0.1) is 0 Å². The molecule has 1 nitrogen and oxygen atoms in total. The molecular weight excluding hydrogens is 310 g/mol. The van der Waals surface area contributed by atoms with Crippen LogP contribution in [0, 0.1) is 0 Å². The predicted octanol–water partition coefficient (Wildman–Crippen LogP) is 6.38. The van der Waals surface area contributed by atoms with E-state index in [1.54, 1.807) is 0 Å². The summed E-state index contributed by atoms with van der Waals surface area (Å²) in [6.07, 6.45) is 0. The third-order valence-electron chi connectivity index (χ3n) is 3.24. The van der Waals surface area contributed by atoms with Gasteiger partial charge in [-0.15, -0.1) is 11.8 Å². The van der Waals surface area contributed by atoms with E-state index >= 15 is 0 Å². The lowest BCUT2D eigenvalue weighted by Crippen LogP contribution is -1.90. The average molecular weight is 326 g/mol. The van der Waals surface area contributed by atoms with Crippen molar-refractivity contribution in [3.63, 3.8) is 0 Å². The van der Waals surface area contributed by atoms with Crippen molar-refractivity contribution < 1.29 is 0 Å². The summed E-state index contributed by atoms with van der Waals surface area (Å²) in [5.74, 6) is 0.952. The van der Waals surface area contributed by atoms with Gasteiger partial charge in [-0.05, 0) is 54.1 Å². The maximum Gasteiger partial charge on any atom is 0.0406 e. The maximum atomic E-state index is 5.90. The molecule has 0 saturated carbocycles. The molecule has 0 saturated heterocycles. The Kier molecular flexibility index (Phi) is 5.04. The number of thioether (sulfide) groups is 1. The summed E-state index contributed by atoms with van der Waals surface area (Å²) in [7, 11) is 0. The number of halogens is 1. The molecule has 0 spiro atoms. The molecule has 3 heteroatoms. The van der Waals surface area contributed by atoms with Crippen molar-refractivity contribution in [3.8, 4) is 0 Å². The van der Waals surface area contributed by atoms with Gasteiger partial charge in [-0.2, -0.15) is 0 Å². The molecule has 0 aliphatic rings. The molecule has 110 valence electrons. The van der Waals surface area contributed by atoms with Crippen LogP contribution in [-0.4, -0.2) is 0 Å². The van der Waals surface area contributed by atoms with Gasteiger partial charge in [0.25, 0.3) is 0 Å². The standard InChI is InChI=1S/C19H16ClNS/c20-16-8-12-19(13-9-16)22-14-15-6-10-18(11-7-15)21-17-4-2-1-3-5-17/h1-13,21H,14H2. The summed E-state index contributed by atoms with van der Waals surface area (Å²) in [6, 6.07) is 26.7. The molecule has 0 unspecified atom stereocenters. The van der Waals surface area contributed by atoms with Crippen LogP contribution in [0.5, 0.6) is 0 Å². The first kappa shape index (κ1) is 15.0. The van der Waals surface area contributed by atoms with E-state index in [1.165, 1.54) is 10.5 Å². The normalized spacial score (nSPS) is 10.4. The van der Waals surface area contributed by atoms with E-state index in [9.17, 15) is 0 Å². The smallest absolute Gasteiger partial charge is 0.0406 e. The summed E-state index contributed by atoms with van der Waals surface area (Å²) in [5, 5.41) is 4.17. The molecule has 0 aliphatic carbocycles. The Labute approximate surface area is 140 Å². The summed E-state index contributed by atoms with van der Waals surface area (Å²) in [4.78, 5) is 1.23. The van der Waals surface area contributed by atoms with Crippen molar-refractivity contribution in [1.29, 1.82) is 0 Å². The first-order valence-electron chi connectivity index (χ1n) is 7.09. The Bertz CT molecular complexity index is 709. The highest BCUT2D eigenvalue weighted by Crippen LogP contribution is 2.25. The van der Waals surface area contributed by atoms with Crippen LogP contribution >= 0.6 is 23.4 Å². The minimum Gasteiger partial charge on any atom is -0.356 e. The molecule has 1 N–H and O–H groups in total. The zero-order valence-electron chi connectivity index (χ0n) is 12.0. The van der Waals surface area contributed by atoms with Gasteiger partial charge >= 0.3 is 0 Å². The van der Waals surface area contributed by atoms with E-state index in [2.05, 4.69) is 53.8 Å². The summed E-state index contributed by atoms with van der Waals surface area (Å²) < 4.78 is 0. The maximum absolute atomic E-state index is 5.90. The first-order valence-corrected chi connectivity index (χ1v) is 8.45. The fraction of sp³-hybridized carbons (Fsp3) is 0.0526. The van der Waals surface area contributed by atoms with E-state index in [-0.39, 0.29) is 0 Å². The number of benzene rings is 3. The number of anilines is 2. The lowest BCUT2D eigenvalue weighted by molar-refractivity contribution is 1.38. The number of para-hydroxylation sites is 1. The van der Waals surface area contributed by atoms with Gasteiger partial charge in [-0.1, -0.05) is 41.9 Å². The zero-order valence-corrected chi connectivity index (χ0v) is 13.6. The second-order valence-corrected chi connectivity index (χ2v) is 6.42. The van der Waals surface area contributed by atoms with E-state index in [0.717, 1.165) is 22.2 Å². The highest BCUT2D eigenvalue weighted by Gasteiger charge is 1.98. The van der Waals surface area contributed by atoms with Gasteiger partial charge < -0.3 is 5.32 Å². The zero-order chi connectivity index (χ0) is 15.2. The van der Waals surface area contributed by atoms with Crippen molar-refractivity contribution in [1.82, 2.24) is 0 Å². The van der Waals surface area contributed by atoms with Crippen LogP contribution < -0.4 is 5.32 Å². The van der Waals surface area contributed by atoms with Gasteiger partial charge in [-0.25, -0.2) is 0 Å². The van der Waals surface area contributed by atoms with Crippen molar-refractivity contribution in [2.75, 3.05) is 5.32 Å². The lowest BCUT2D eigenvalue weighted by Gasteiger charge is -2.07. The van der Waals surface area contributed by atoms with Gasteiger partial charge in [0.15, 0.2) is 0 Å². The van der Waals surface area contributed by atoms with Crippen LogP contribution in [0.15, 0.2) is 83.8 Å². The monoisotopic (exact) mass is 325 g/mol. The van der Waals surface area contributed by atoms with Crippen LogP contribution in [0.1, 0.15) is 5.56 Å². The Morgan fingerprint density at radius 2 is 1.36 bits per heavy atom. The highest BCUT2D eigenvalue weighted by molar-refractivity contribution is 7.98. The molecule has 0 aliphatic heterocycles. The van der Waals surface area contributed by atoms with Crippen LogP contribution in [0.4, 0.5) is 11.4 Å². The van der Waals surface area contributed by atoms with E-state index < -0.39 is 0 Å². The third kappa shape index (κ3) is 4.30. The molecule has 22 heavy (non-hydrogen) atoms. The molecule has 3 aromatic rings. The predicted molar refractivity (Wildman–Crippen MR) is 97.2 cm³/mol. The van der Waals surface area contributed by atoms with Gasteiger partial charge in [0, 0.05) is 27.0 Å². The Balaban J connectivity index is 1.58. The third-order valence-corrected chi connectivity index (χ3v) is 4.57. The minimum absolute atomic E-state index is 0.778. The molecule has 0 radical (unpaired) electrons. The molecule has 0 atom stereocenters. The Morgan fingerprint density at radius 3 is 2.05 bits per heavy atom. The highest BCUT2D eigenvalue weighted by atomic mass is 35.5. The molecule has 0 aromatic heterocycles. The number of hydrogen-bond acceptors (Lipinski definition) is 2. The molecule has 0 fully saturated rings. The fourth-order valence-electron chi connectivity index (χ4n) is 2.07. The largest absolute Gasteiger partial charge is 0.356 e. The molecule has 0 heterocycles. The van der Waals surface area contributed by atoms with Crippen LogP contribution in [0.25, 0.3) is 0 Å². The average Bonchev–Trinajstić information content (AvgIpc) is 2.57. The summed E-state index contributed by atoms with van der Waals surface area (Å²) in [5.41, 5.74) is 3.51. The molecular formula is C19H16ClNS. The quantitative estimate of drug-likeness (QED) is 0.546. The molecule has 0 bridgehead atoms. The number of hydrogen-bond donors (Lipinski definition) is 1. The molecule has 0 amide bonds. The summed E-state index contributed by atoms with van der Waals surface area (Å²) in [6.45, 7) is 0. The van der Waals surface area contributed by atoms with Crippen molar-refractivity contribution in [2.45, 2.75) is 10.6 Å². The molecule has 3 aromatic carbocycles.